The second-order valence-corrected chi connectivity index (χ2v) is 6.30. The molecule has 5 heteroatoms. The van der Waals surface area contributed by atoms with Crippen molar-refractivity contribution in [1.82, 2.24) is 10.2 Å². The lowest BCUT2D eigenvalue weighted by Gasteiger charge is -2.06. The van der Waals surface area contributed by atoms with E-state index < -0.39 is 0 Å². The van der Waals surface area contributed by atoms with Crippen LogP contribution in [0.1, 0.15) is 59.1 Å². The highest BCUT2D eigenvalue weighted by atomic mass is 32.1. The Hall–Kier alpha value is -1.75. The van der Waals surface area contributed by atoms with E-state index in [1.54, 1.807) is 0 Å². The third-order valence-electron chi connectivity index (χ3n) is 3.48. The Balaban J connectivity index is 2.12. The molecule has 0 saturated heterocycles. The fourth-order valence-electron chi connectivity index (χ4n) is 2.36. The average molecular weight is 303 g/mol. The Morgan fingerprint density at radius 3 is 2.33 bits per heavy atom. The fourth-order valence-corrected chi connectivity index (χ4v) is 3.37. The van der Waals surface area contributed by atoms with Gasteiger partial charge in [-0.15, -0.1) is 10.2 Å². The first-order chi connectivity index (χ1) is 10.0. The second-order valence-electron chi connectivity index (χ2n) is 5.29. The summed E-state index contributed by atoms with van der Waals surface area (Å²) in [5.74, 6) is 0.295. The van der Waals surface area contributed by atoms with Gasteiger partial charge >= 0.3 is 0 Å². The summed E-state index contributed by atoms with van der Waals surface area (Å²) in [7, 11) is 0. The quantitative estimate of drug-likeness (QED) is 0.895. The molecular weight excluding hydrogens is 282 g/mol. The number of aryl methyl sites for hydroxylation is 2. The van der Waals surface area contributed by atoms with Crippen molar-refractivity contribution in [2.75, 3.05) is 5.32 Å². The molecule has 2 aromatic rings. The van der Waals surface area contributed by atoms with Crippen LogP contribution in [0.2, 0.25) is 0 Å². The number of aromatic nitrogens is 2. The molecule has 0 unspecified atom stereocenters. The molecule has 0 spiro atoms. The molecule has 1 aromatic carbocycles. The minimum absolute atomic E-state index is 0.131. The largest absolute Gasteiger partial charge is 0.296 e. The van der Waals surface area contributed by atoms with Crippen LogP contribution in [-0.4, -0.2) is 16.1 Å². The van der Waals surface area contributed by atoms with Crippen molar-refractivity contribution < 1.29 is 4.79 Å². The predicted octanol–water partition coefficient (Wildman–Crippen LogP) is 4.31. The van der Waals surface area contributed by atoms with Gasteiger partial charge in [0.25, 0.3) is 5.91 Å². The molecule has 0 bridgehead atoms. The Bertz CT molecular complexity index is 612. The zero-order valence-corrected chi connectivity index (χ0v) is 13.8. The highest BCUT2D eigenvalue weighted by Gasteiger charge is 2.15. The molecule has 0 fully saturated rings. The van der Waals surface area contributed by atoms with Crippen LogP contribution in [0.15, 0.2) is 18.2 Å². The molecule has 4 nitrogen and oxygen atoms in total. The summed E-state index contributed by atoms with van der Waals surface area (Å²) in [5, 5.41) is 12.7. The Morgan fingerprint density at radius 2 is 1.76 bits per heavy atom. The minimum atomic E-state index is -0.131. The third-order valence-corrected chi connectivity index (χ3v) is 4.48. The van der Waals surface area contributed by atoms with Crippen LogP contribution < -0.4 is 5.32 Å². The highest BCUT2D eigenvalue weighted by Crippen LogP contribution is 2.28. The maximum absolute atomic E-state index is 12.3. The van der Waals surface area contributed by atoms with E-state index in [-0.39, 0.29) is 5.91 Å². The normalized spacial score (nSPS) is 10.9. The molecule has 0 saturated carbocycles. The minimum Gasteiger partial charge on any atom is -0.296 e. The standard InChI is InChI=1S/C16H21N3OS/c1-5-12(6-2)15-18-19-16(21-15)17-14(20)13-8-10(3)7-11(4)9-13/h7-9,12H,5-6H2,1-4H3,(H,17,19,20). The number of amides is 1. The van der Waals surface area contributed by atoms with Crippen molar-refractivity contribution in [3.05, 3.63) is 39.9 Å². The number of hydrogen-bond acceptors (Lipinski definition) is 4. The van der Waals surface area contributed by atoms with Crippen molar-refractivity contribution in [2.45, 2.75) is 46.5 Å². The lowest BCUT2D eigenvalue weighted by atomic mass is 10.1. The third kappa shape index (κ3) is 3.88. The topological polar surface area (TPSA) is 54.9 Å². The Morgan fingerprint density at radius 1 is 1.14 bits per heavy atom. The SMILES string of the molecule is CCC(CC)c1nnc(NC(=O)c2cc(C)cc(C)c2)s1. The molecule has 21 heavy (non-hydrogen) atoms. The van der Waals surface area contributed by atoms with Gasteiger partial charge in [0.05, 0.1) is 0 Å². The molecule has 1 heterocycles. The molecule has 0 radical (unpaired) electrons. The molecule has 1 aromatic heterocycles. The van der Waals surface area contributed by atoms with E-state index in [4.69, 9.17) is 0 Å². The van der Waals surface area contributed by atoms with Gasteiger partial charge in [0.2, 0.25) is 5.13 Å². The van der Waals surface area contributed by atoms with Crippen molar-refractivity contribution in [3.63, 3.8) is 0 Å². The van der Waals surface area contributed by atoms with Crippen molar-refractivity contribution in [1.29, 1.82) is 0 Å². The van der Waals surface area contributed by atoms with Gasteiger partial charge in [0.15, 0.2) is 0 Å². The van der Waals surface area contributed by atoms with Gasteiger partial charge in [-0.25, -0.2) is 0 Å². The van der Waals surface area contributed by atoms with Crippen molar-refractivity contribution in [2.24, 2.45) is 0 Å². The van der Waals surface area contributed by atoms with Gasteiger partial charge in [-0.05, 0) is 38.8 Å². The van der Waals surface area contributed by atoms with E-state index in [9.17, 15) is 4.79 Å². The molecule has 2 rings (SSSR count). The van der Waals surface area contributed by atoms with Crippen LogP contribution >= 0.6 is 11.3 Å². The predicted molar refractivity (Wildman–Crippen MR) is 87.1 cm³/mol. The van der Waals surface area contributed by atoms with Gasteiger partial charge in [-0.1, -0.05) is 42.4 Å². The zero-order valence-electron chi connectivity index (χ0n) is 12.9. The number of carbonyl (C=O) groups is 1. The average Bonchev–Trinajstić information content (AvgIpc) is 2.87. The van der Waals surface area contributed by atoms with Crippen LogP contribution in [0, 0.1) is 13.8 Å². The number of benzene rings is 1. The summed E-state index contributed by atoms with van der Waals surface area (Å²) in [4.78, 5) is 12.3. The summed E-state index contributed by atoms with van der Waals surface area (Å²) in [5.41, 5.74) is 2.82. The second kappa shape index (κ2) is 6.80. The summed E-state index contributed by atoms with van der Waals surface area (Å²) in [6, 6.07) is 5.81. The molecule has 1 amide bonds. The van der Waals surface area contributed by atoms with E-state index in [0.717, 1.165) is 29.0 Å². The lowest BCUT2D eigenvalue weighted by molar-refractivity contribution is 0.102. The summed E-state index contributed by atoms with van der Waals surface area (Å²) in [6.07, 6.45) is 2.08. The van der Waals surface area contributed by atoms with E-state index >= 15 is 0 Å². The summed E-state index contributed by atoms with van der Waals surface area (Å²) >= 11 is 1.47. The van der Waals surface area contributed by atoms with Crippen molar-refractivity contribution in [3.8, 4) is 0 Å². The summed E-state index contributed by atoms with van der Waals surface area (Å²) in [6.45, 7) is 8.26. The monoisotopic (exact) mass is 303 g/mol. The number of hydrogen-bond donors (Lipinski definition) is 1. The van der Waals surface area contributed by atoms with Crippen LogP contribution in [0.5, 0.6) is 0 Å². The van der Waals surface area contributed by atoms with E-state index in [0.29, 0.717) is 16.6 Å². The molecule has 1 N–H and O–H groups in total. The number of anilines is 1. The van der Waals surface area contributed by atoms with Gasteiger partial charge in [-0.3, -0.25) is 10.1 Å². The maximum Gasteiger partial charge on any atom is 0.257 e. The van der Waals surface area contributed by atoms with E-state index in [1.165, 1.54) is 11.3 Å². The Labute approximate surface area is 129 Å². The lowest BCUT2D eigenvalue weighted by Crippen LogP contribution is -2.12. The van der Waals surface area contributed by atoms with Crippen molar-refractivity contribution >= 4 is 22.4 Å². The zero-order chi connectivity index (χ0) is 15.4. The van der Waals surface area contributed by atoms with Crippen LogP contribution in [-0.2, 0) is 0 Å². The maximum atomic E-state index is 12.3. The molecule has 112 valence electrons. The van der Waals surface area contributed by atoms with Crippen LogP contribution in [0.3, 0.4) is 0 Å². The van der Waals surface area contributed by atoms with Crippen LogP contribution in [0.4, 0.5) is 5.13 Å². The van der Waals surface area contributed by atoms with E-state index in [1.807, 2.05) is 32.0 Å². The number of carbonyl (C=O) groups excluding carboxylic acids is 1. The number of rotatable bonds is 5. The molecule has 0 aliphatic rings. The van der Waals surface area contributed by atoms with Crippen LogP contribution in [0.25, 0.3) is 0 Å². The van der Waals surface area contributed by atoms with Gasteiger partial charge in [0, 0.05) is 11.5 Å². The van der Waals surface area contributed by atoms with Gasteiger partial charge < -0.3 is 0 Å². The number of nitrogens with zero attached hydrogens (tertiary/aromatic N) is 2. The number of nitrogens with one attached hydrogen (secondary N) is 1. The van der Waals surface area contributed by atoms with E-state index in [2.05, 4.69) is 29.4 Å². The highest BCUT2D eigenvalue weighted by molar-refractivity contribution is 7.15. The Kier molecular flexibility index (Phi) is 5.07. The molecule has 0 aliphatic carbocycles. The smallest absolute Gasteiger partial charge is 0.257 e. The summed E-state index contributed by atoms with van der Waals surface area (Å²) < 4.78 is 0. The molecule has 0 aliphatic heterocycles. The molecule has 0 atom stereocenters. The first-order valence-corrected chi connectivity index (χ1v) is 8.08. The first kappa shape index (κ1) is 15.6. The molecular formula is C16H21N3OS. The van der Waals surface area contributed by atoms with Gasteiger partial charge in [0.1, 0.15) is 5.01 Å². The first-order valence-electron chi connectivity index (χ1n) is 7.26. The fraction of sp³-hybridized carbons (Fsp3) is 0.438. The van der Waals surface area contributed by atoms with Gasteiger partial charge in [-0.2, -0.15) is 0 Å².